The zero-order valence-corrected chi connectivity index (χ0v) is 16.3. The first-order chi connectivity index (χ1) is 13.3. The van der Waals surface area contributed by atoms with Crippen molar-refractivity contribution in [3.05, 3.63) is 76.2 Å². The molecule has 0 saturated carbocycles. The van der Waals surface area contributed by atoms with Gasteiger partial charge in [-0.1, -0.05) is 43.3 Å². The maximum absolute atomic E-state index is 11.9. The Hall–Kier alpha value is -3.41. The Morgan fingerprint density at radius 3 is 2.50 bits per heavy atom. The second kappa shape index (κ2) is 8.08. The van der Waals surface area contributed by atoms with E-state index in [4.69, 9.17) is 5.73 Å². The van der Waals surface area contributed by atoms with Crippen LogP contribution >= 0.6 is 0 Å². The van der Waals surface area contributed by atoms with Gasteiger partial charge in [-0.05, 0) is 35.2 Å². The van der Waals surface area contributed by atoms with Crippen molar-refractivity contribution in [3.63, 3.8) is 0 Å². The van der Waals surface area contributed by atoms with E-state index in [1.807, 2.05) is 31.2 Å². The Bertz CT molecular complexity index is 1050. The average molecular weight is 376 g/mol. The molecule has 0 spiro atoms. The third-order valence-electron chi connectivity index (χ3n) is 4.71. The van der Waals surface area contributed by atoms with Crippen LogP contribution in [-0.4, -0.2) is 15.5 Å². The summed E-state index contributed by atoms with van der Waals surface area (Å²) in [5.74, 6) is 0.209. The molecule has 1 amide bonds. The molecule has 0 aliphatic rings. The summed E-state index contributed by atoms with van der Waals surface area (Å²) in [6.45, 7) is 3.53. The van der Waals surface area contributed by atoms with Crippen molar-refractivity contribution in [2.24, 2.45) is 7.05 Å². The number of hydrogen-bond acceptors (Lipinski definition) is 4. The molecule has 28 heavy (non-hydrogen) atoms. The van der Waals surface area contributed by atoms with Crippen molar-refractivity contribution in [3.8, 4) is 11.1 Å². The van der Waals surface area contributed by atoms with Crippen LogP contribution in [-0.2, 0) is 18.3 Å². The lowest BCUT2D eigenvalue weighted by Gasteiger charge is -2.13. The van der Waals surface area contributed by atoms with Crippen LogP contribution in [0.1, 0.15) is 31.0 Å². The van der Waals surface area contributed by atoms with E-state index < -0.39 is 0 Å². The molecule has 3 rings (SSSR count). The molecule has 3 aromatic rings. The predicted octanol–water partition coefficient (Wildman–Crippen LogP) is 3.33. The molecule has 6 heteroatoms. The first kappa shape index (κ1) is 19.4. The Labute approximate surface area is 164 Å². The summed E-state index contributed by atoms with van der Waals surface area (Å²) in [5.41, 5.74) is 10.4. The Kier molecular flexibility index (Phi) is 5.59. The summed E-state index contributed by atoms with van der Waals surface area (Å²) >= 11 is 0. The van der Waals surface area contributed by atoms with Crippen molar-refractivity contribution < 1.29 is 4.79 Å². The Balaban J connectivity index is 1.76. The summed E-state index contributed by atoms with van der Waals surface area (Å²) in [4.78, 5) is 27.5. The molecule has 1 heterocycles. The smallest absolute Gasteiger partial charge is 0.254 e. The lowest BCUT2D eigenvalue weighted by Crippen LogP contribution is -2.22. The van der Waals surface area contributed by atoms with Crippen LogP contribution in [0.25, 0.3) is 11.1 Å². The van der Waals surface area contributed by atoms with Gasteiger partial charge in [-0.3, -0.25) is 14.2 Å². The fourth-order valence-corrected chi connectivity index (χ4v) is 3.10. The fraction of sp³-hybridized carbons (Fsp3) is 0.227. The SMILES string of the molecule is CC(=O)Nc1cccc(-c2ccc(C[C@H](C)c3cc(=O)n(C)c(N)n3)cc2)c1. The molecular weight excluding hydrogens is 352 g/mol. The molecular formula is C22H24N4O2. The number of benzene rings is 2. The van der Waals surface area contributed by atoms with E-state index in [9.17, 15) is 9.59 Å². The molecule has 6 nitrogen and oxygen atoms in total. The second-order valence-corrected chi connectivity index (χ2v) is 7.00. The molecule has 0 aliphatic heterocycles. The zero-order chi connectivity index (χ0) is 20.3. The Morgan fingerprint density at radius 1 is 1.14 bits per heavy atom. The Morgan fingerprint density at radius 2 is 1.86 bits per heavy atom. The zero-order valence-electron chi connectivity index (χ0n) is 16.3. The first-order valence-electron chi connectivity index (χ1n) is 9.14. The van der Waals surface area contributed by atoms with Gasteiger partial charge in [0.2, 0.25) is 11.9 Å². The van der Waals surface area contributed by atoms with Crippen LogP contribution in [0.2, 0.25) is 0 Å². The summed E-state index contributed by atoms with van der Waals surface area (Å²) in [7, 11) is 1.61. The number of nitrogens with one attached hydrogen (secondary N) is 1. The largest absolute Gasteiger partial charge is 0.369 e. The van der Waals surface area contributed by atoms with Crippen LogP contribution < -0.4 is 16.6 Å². The normalized spacial score (nSPS) is 11.8. The van der Waals surface area contributed by atoms with E-state index in [-0.39, 0.29) is 23.3 Å². The molecule has 0 radical (unpaired) electrons. The number of amides is 1. The van der Waals surface area contributed by atoms with Gasteiger partial charge in [0.05, 0.1) is 5.69 Å². The standard InChI is InChI=1S/C22H24N4O2/c1-14(20-13-21(28)26(3)22(23)25-20)11-16-7-9-17(10-8-16)18-5-4-6-19(12-18)24-15(2)27/h4-10,12-14H,11H2,1-3H3,(H2,23,25)(H,24,27)/t14-/m0/s1. The minimum Gasteiger partial charge on any atom is -0.369 e. The van der Waals surface area contributed by atoms with Crippen molar-refractivity contribution in [1.82, 2.24) is 9.55 Å². The first-order valence-corrected chi connectivity index (χ1v) is 9.14. The minimum atomic E-state index is -0.149. The van der Waals surface area contributed by atoms with E-state index in [0.717, 1.165) is 28.8 Å². The highest BCUT2D eigenvalue weighted by atomic mass is 16.1. The highest BCUT2D eigenvalue weighted by Gasteiger charge is 2.12. The number of hydrogen-bond donors (Lipinski definition) is 2. The lowest BCUT2D eigenvalue weighted by molar-refractivity contribution is -0.114. The molecule has 1 aromatic heterocycles. The van der Waals surface area contributed by atoms with Gasteiger partial charge in [0.1, 0.15) is 0 Å². The molecule has 2 aromatic carbocycles. The number of aromatic nitrogens is 2. The van der Waals surface area contributed by atoms with Crippen molar-refractivity contribution in [1.29, 1.82) is 0 Å². The molecule has 144 valence electrons. The monoisotopic (exact) mass is 376 g/mol. The third kappa shape index (κ3) is 4.46. The third-order valence-corrected chi connectivity index (χ3v) is 4.71. The number of rotatable bonds is 5. The van der Waals surface area contributed by atoms with Gasteiger partial charge in [0, 0.05) is 31.6 Å². The molecule has 0 aliphatic carbocycles. The van der Waals surface area contributed by atoms with E-state index >= 15 is 0 Å². The highest BCUT2D eigenvalue weighted by Crippen LogP contribution is 2.25. The molecule has 0 bridgehead atoms. The van der Waals surface area contributed by atoms with Gasteiger partial charge in [-0.15, -0.1) is 0 Å². The number of carbonyl (C=O) groups excluding carboxylic acids is 1. The fourth-order valence-electron chi connectivity index (χ4n) is 3.10. The number of nitrogen functional groups attached to an aromatic ring is 1. The average Bonchev–Trinajstić information content (AvgIpc) is 2.66. The molecule has 0 saturated heterocycles. The minimum absolute atomic E-state index is 0.0742. The predicted molar refractivity (Wildman–Crippen MR) is 112 cm³/mol. The van der Waals surface area contributed by atoms with Gasteiger partial charge < -0.3 is 11.1 Å². The van der Waals surface area contributed by atoms with Crippen molar-refractivity contribution >= 4 is 17.5 Å². The maximum Gasteiger partial charge on any atom is 0.254 e. The van der Waals surface area contributed by atoms with Gasteiger partial charge >= 0.3 is 0 Å². The molecule has 3 N–H and O–H groups in total. The number of nitrogens with two attached hydrogens (primary N) is 1. The number of anilines is 2. The molecule has 0 fully saturated rings. The summed E-state index contributed by atoms with van der Waals surface area (Å²) < 4.78 is 1.33. The van der Waals surface area contributed by atoms with Crippen molar-refractivity contribution in [2.45, 2.75) is 26.2 Å². The van der Waals surface area contributed by atoms with Gasteiger partial charge in [0.25, 0.3) is 5.56 Å². The van der Waals surface area contributed by atoms with Gasteiger partial charge in [0.15, 0.2) is 0 Å². The van der Waals surface area contributed by atoms with Crippen molar-refractivity contribution in [2.75, 3.05) is 11.1 Å². The van der Waals surface area contributed by atoms with Crippen LogP contribution in [0.5, 0.6) is 0 Å². The van der Waals surface area contributed by atoms with Gasteiger partial charge in [-0.2, -0.15) is 0 Å². The summed E-state index contributed by atoms with van der Waals surface area (Å²) in [6.07, 6.45) is 0.756. The van der Waals surface area contributed by atoms with E-state index in [1.54, 1.807) is 13.1 Å². The van der Waals surface area contributed by atoms with Crippen LogP contribution in [0.4, 0.5) is 11.6 Å². The second-order valence-electron chi connectivity index (χ2n) is 7.00. The number of carbonyl (C=O) groups is 1. The number of nitrogens with zero attached hydrogens (tertiary/aromatic N) is 2. The van der Waals surface area contributed by atoms with Crippen LogP contribution in [0.3, 0.4) is 0 Å². The highest BCUT2D eigenvalue weighted by molar-refractivity contribution is 5.89. The van der Waals surface area contributed by atoms with Crippen LogP contribution in [0, 0.1) is 0 Å². The molecule has 0 unspecified atom stereocenters. The van der Waals surface area contributed by atoms with Crippen LogP contribution in [0.15, 0.2) is 59.4 Å². The quantitative estimate of drug-likeness (QED) is 0.715. The topological polar surface area (TPSA) is 90.0 Å². The van der Waals surface area contributed by atoms with E-state index in [0.29, 0.717) is 5.69 Å². The summed E-state index contributed by atoms with van der Waals surface area (Å²) in [6, 6.07) is 17.5. The van der Waals surface area contributed by atoms with Gasteiger partial charge in [-0.25, -0.2) is 4.98 Å². The lowest BCUT2D eigenvalue weighted by atomic mass is 9.96. The molecule has 1 atom stereocenters. The summed E-state index contributed by atoms with van der Waals surface area (Å²) in [5, 5.41) is 2.80. The maximum atomic E-state index is 11.9. The van der Waals surface area contributed by atoms with E-state index in [1.165, 1.54) is 11.5 Å². The van der Waals surface area contributed by atoms with E-state index in [2.05, 4.69) is 34.6 Å².